The predicted molar refractivity (Wildman–Crippen MR) is 174 cm³/mol. The number of hydrogen-bond acceptors (Lipinski definition) is 0. The van der Waals surface area contributed by atoms with Gasteiger partial charge in [0.05, 0.1) is 0 Å². The van der Waals surface area contributed by atoms with Crippen LogP contribution in [0.15, 0.2) is 133 Å². The second-order valence-electron chi connectivity index (χ2n) is 12.1. The fraction of sp³-hybridized carbons (Fsp3) is 0.0732. The molecular weight excluding hydrogens is 492 g/mol. The molecule has 0 nitrogen and oxygen atoms in total. The molecule has 41 heavy (non-hydrogen) atoms. The molecule has 9 rings (SSSR count). The molecule has 0 saturated carbocycles. The van der Waals surface area contributed by atoms with Crippen LogP contribution in [0.5, 0.6) is 0 Å². The highest BCUT2D eigenvalue weighted by Gasteiger charge is 2.38. The lowest BCUT2D eigenvalue weighted by Crippen LogP contribution is -2.15. The van der Waals surface area contributed by atoms with Crippen molar-refractivity contribution in [2.75, 3.05) is 0 Å². The minimum absolute atomic E-state index is 0.0976. The summed E-state index contributed by atoms with van der Waals surface area (Å²) in [6, 6.07) is 49.7. The third kappa shape index (κ3) is 2.95. The molecular formula is C41H28. The molecule has 0 unspecified atom stereocenters. The molecule has 192 valence electrons. The first kappa shape index (κ1) is 22.8. The summed E-state index contributed by atoms with van der Waals surface area (Å²) in [5.41, 5.74) is 16.1. The summed E-state index contributed by atoms with van der Waals surface area (Å²) in [6.07, 6.45) is 0. The van der Waals surface area contributed by atoms with Crippen LogP contribution in [0.1, 0.15) is 25.0 Å². The molecule has 2 aliphatic carbocycles. The van der Waals surface area contributed by atoms with Crippen LogP contribution in [-0.4, -0.2) is 0 Å². The van der Waals surface area contributed by atoms with Crippen molar-refractivity contribution in [1.82, 2.24) is 0 Å². The first-order valence-electron chi connectivity index (χ1n) is 14.5. The smallest absolute Gasteiger partial charge is 0.0159 e. The average molecular weight is 521 g/mol. The maximum atomic E-state index is 2.53. The van der Waals surface area contributed by atoms with Crippen molar-refractivity contribution in [2.45, 2.75) is 19.3 Å². The summed E-state index contributed by atoms with van der Waals surface area (Å²) < 4.78 is 0. The van der Waals surface area contributed by atoms with Gasteiger partial charge in [0.15, 0.2) is 0 Å². The summed E-state index contributed by atoms with van der Waals surface area (Å²) in [5, 5.41) is 5.33. The summed E-state index contributed by atoms with van der Waals surface area (Å²) >= 11 is 0. The van der Waals surface area contributed by atoms with Crippen molar-refractivity contribution in [2.24, 2.45) is 0 Å². The van der Waals surface area contributed by atoms with E-state index in [0.717, 1.165) is 0 Å². The molecule has 2 aliphatic rings. The van der Waals surface area contributed by atoms with E-state index in [1.165, 1.54) is 88.3 Å². The molecule has 0 atom stereocenters. The molecule has 7 aromatic rings. The Morgan fingerprint density at radius 3 is 1.66 bits per heavy atom. The van der Waals surface area contributed by atoms with Crippen molar-refractivity contribution in [1.29, 1.82) is 0 Å². The number of rotatable bonds is 2. The van der Waals surface area contributed by atoms with Crippen molar-refractivity contribution in [3.63, 3.8) is 0 Å². The Morgan fingerprint density at radius 1 is 0.390 bits per heavy atom. The minimum Gasteiger partial charge on any atom is -0.0622 e. The van der Waals surface area contributed by atoms with Gasteiger partial charge >= 0.3 is 0 Å². The lowest BCUT2D eigenvalue weighted by molar-refractivity contribution is 0.661. The Labute approximate surface area is 240 Å². The van der Waals surface area contributed by atoms with Crippen LogP contribution in [0.2, 0.25) is 0 Å². The van der Waals surface area contributed by atoms with Crippen LogP contribution in [0, 0.1) is 0 Å². The molecule has 0 bridgehead atoms. The molecule has 0 heteroatoms. The highest BCUT2D eigenvalue weighted by atomic mass is 14.4. The molecule has 0 radical (unpaired) electrons. The van der Waals surface area contributed by atoms with Crippen molar-refractivity contribution < 1.29 is 0 Å². The Hall–Kier alpha value is -4.94. The maximum Gasteiger partial charge on any atom is 0.0159 e. The number of fused-ring (bicyclic) bond motifs is 7. The SMILES string of the molecule is CC1(C)c2ccccc2-c2c1cc1c(-c3ccccc3)c3c(cc1c2-c1ccccc1)-c1cccc2cccc-3c12. The molecule has 0 fully saturated rings. The van der Waals surface area contributed by atoms with E-state index in [2.05, 4.69) is 147 Å². The Balaban J connectivity index is 1.55. The van der Waals surface area contributed by atoms with E-state index in [0.29, 0.717) is 0 Å². The molecule has 0 saturated heterocycles. The summed E-state index contributed by atoms with van der Waals surface area (Å²) in [7, 11) is 0. The second kappa shape index (κ2) is 8.05. The molecule has 0 heterocycles. The van der Waals surface area contributed by atoms with Gasteiger partial charge in [0.1, 0.15) is 0 Å². The third-order valence-corrected chi connectivity index (χ3v) is 9.58. The largest absolute Gasteiger partial charge is 0.0622 e. The Kier molecular flexibility index (Phi) is 4.49. The first-order chi connectivity index (χ1) is 20.1. The zero-order chi connectivity index (χ0) is 27.3. The summed E-state index contributed by atoms with van der Waals surface area (Å²) in [6.45, 7) is 4.79. The van der Waals surface area contributed by atoms with Crippen LogP contribution in [0.4, 0.5) is 0 Å². The molecule has 0 spiro atoms. The highest BCUT2D eigenvalue weighted by Crippen LogP contribution is 2.59. The second-order valence-corrected chi connectivity index (χ2v) is 12.1. The molecule has 0 aromatic heterocycles. The van der Waals surface area contributed by atoms with E-state index in [1.807, 2.05) is 0 Å². The standard InChI is InChI=1S/C41H28/c1-41(2)34-22-10-9-19-29(34)40-35(41)24-33-32(38(40)27-15-7-4-8-16-27)23-31-28-20-11-17-25-18-12-21-30(36(25)28)39(31)37(33)26-13-5-3-6-14-26/h3-24H,1-2H3. The van der Waals surface area contributed by atoms with Crippen LogP contribution < -0.4 is 0 Å². The van der Waals surface area contributed by atoms with E-state index >= 15 is 0 Å². The van der Waals surface area contributed by atoms with Gasteiger partial charge in [-0.2, -0.15) is 0 Å². The average Bonchev–Trinajstić information content (AvgIpc) is 3.46. The molecule has 0 N–H and O–H groups in total. The van der Waals surface area contributed by atoms with Gasteiger partial charge in [-0.3, -0.25) is 0 Å². The number of benzene rings is 7. The molecule has 7 aromatic carbocycles. The minimum atomic E-state index is -0.0976. The highest BCUT2D eigenvalue weighted by molar-refractivity contribution is 6.25. The zero-order valence-corrected chi connectivity index (χ0v) is 23.2. The van der Waals surface area contributed by atoms with Crippen molar-refractivity contribution >= 4 is 21.5 Å². The van der Waals surface area contributed by atoms with Gasteiger partial charge in [-0.1, -0.05) is 135 Å². The van der Waals surface area contributed by atoms with Gasteiger partial charge < -0.3 is 0 Å². The monoisotopic (exact) mass is 520 g/mol. The van der Waals surface area contributed by atoms with Crippen LogP contribution in [0.25, 0.3) is 77.2 Å². The first-order valence-corrected chi connectivity index (χ1v) is 14.5. The topological polar surface area (TPSA) is 0 Å². The van der Waals surface area contributed by atoms with Gasteiger partial charge in [-0.25, -0.2) is 0 Å². The van der Waals surface area contributed by atoms with Crippen molar-refractivity contribution in [3.8, 4) is 55.6 Å². The van der Waals surface area contributed by atoms with Gasteiger partial charge in [0.2, 0.25) is 0 Å². The van der Waals surface area contributed by atoms with Crippen LogP contribution in [-0.2, 0) is 5.41 Å². The predicted octanol–water partition coefficient (Wildman–Crippen LogP) is 11.3. The van der Waals surface area contributed by atoms with Gasteiger partial charge in [-0.15, -0.1) is 0 Å². The van der Waals surface area contributed by atoms with Crippen molar-refractivity contribution in [3.05, 3.63) is 145 Å². The lowest BCUT2D eigenvalue weighted by Gasteiger charge is -2.25. The summed E-state index contributed by atoms with van der Waals surface area (Å²) in [4.78, 5) is 0. The van der Waals surface area contributed by atoms with Crippen LogP contribution >= 0.6 is 0 Å². The van der Waals surface area contributed by atoms with Crippen LogP contribution in [0.3, 0.4) is 0 Å². The molecule has 0 aliphatic heterocycles. The van der Waals surface area contributed by atoms with E-state index in [9.17, 15) is 0 Å². The fourth-order valence-corrected chi connectivity index (χ4v) is 7.78. The van der Waals surface area contributed by atoms with Gasteiger partial charge in [0, 0.05) is 5.41 Å². The van der Waals surface area contributed by atoms with E-state index in [1.54, 1.807) is 0 Å². The Bertz CT molecular complexity index is 2190. The molecule has 0 amide bonds. The normalized spacial score (nSPS) is 13.8. The summed E-state index contributed by atoms with van der Waals surface area (Å²) in [5.74, 6) is 0. The van der Waals surface area contributed by atoms with E-state index < -0.39 is 0 Å². The third-order valence-electron chi connectivity index (χ3n) is 9.58. The zero-order valence-electron chi connectivity index (χ0n) is 23.2. The Morgan fingerprint density at radius 2 is 0.951 bits per heavy atom. The van der Waals surface area contributed by atoms with E-state index in [4.69, 9.17) is 0 Å². The van der Waals surface area contributed by atoms with Gasteiger partial charge in [-0.05, 0) is 100 Å². The van der Waals surface area contributed by atoms with Gasteiger partial charge in [0.25, 0.3) is 0 Å². The lowest BCUT2D eigenvalue weighted by atomic mass is 9.78. The number of hydrogen-bond donors (Lipinski definition) is 0. The quantitative estimate of drug-likeness (QED) is 0.213. The maximum absolute atomic E-state index is 2.53. The fourth-order valence-electron chi connectivity index (χ4n) is 7.78. The van der Waals surface area contributed by atoms with E-state index in [-0.39, 0.29) is 5.41 Å².